The highest BCUT2D eigenvalue weighted by Gasteiger charge is 2.21. The van der Waals surface area contributed by atoms with Crippen LogP contribution in [0.5, 0.6) is 0 Å². The summed E-state index contributed by atoms with van der Waals surface area (Å²) in [6.45, 7) is 5.57. The van der Waals surface area contributed by atoms with Crippen LogP contribution in [0.15, 0.2) is 46.2 Å². The second kappa shape index (κ2) is 20.1. The van der Waals surface area contributed by atoms with E-state index in [9.17, 15) is 37.1 Å². The fourth-order valence-corrected chi connectivity index (χ4v) is 5.54. The number of ether oxygens (including phenoxy) is 2. The SMILES string of the molecule is CC#N.NCC1CCOCC1.NS(=O)(=O)c1ccc(CCC2CCOCC2)c([N+](=O)[O-])c1.NS(=O)(=O)c1ccc(Cl)c([N+](=O)[O-])c1. The van der Waals surface area contributed by atoms with Crippen LogP contribution in [-0.4, -0.2) is 59.7 Å². The lowest BCUT2D eigenvalue weighted by molar-refractivity contribution is -0.385. The first kappa shape index (κ1) is 40.7. The van der Waals surface area contributed by atoms with Crippen LogP contribution in [0.1, 0.15) is 44.6 Å². The van der Waals surface area contributed by atoms with E-state index in [-0.39, 0.29) is 20.5 Å². The second-order valence-corrected chi connectivity index (χ2v) is 13.6. The van der Waals surface area contributed by atoms with Crippen molar-refractivity contribution in [3.05, 3.63) is 67.2 Å². The van der Waals surface area contributed by atoms with Gasteiger partial charge >= 0.3 is 0 Å². The lowest BCUT2D eigenvalue weighted by Crippen LogP contribution is -2.22. The minimum absolute atomic E-state index is 0.137. The third-order valence-corrected chi connectivity index (χ3v) is 9.00. The summed E-state index contributed by atoms with van der Waals surface area (Å²) < 4.78 is 54.6. The fraction of sp³-hybridized carbons (Fsp3) is 0.519. The highest BCUT2D eigenvalue weighted by atomic mass is 35.5. The molecule has 2 aliphatic heterocycles. The predicted molar refractivity (Wildman–Crippen MR) is 170 cm³/mol. The van der Waals surface area contributed by atoms with Crippen LogP contribution in [0, 0.1) is 43.4 Å². The standard InChI is InChI=1S/C13H18N2O5S.C6H5ClN2O4S.C6H13NO.C2H3N/c14-21(18,19)12-4-3-11(13(9-12)15(16)17)2-1-10-5-7-20-8-6-10;7-5-2-1-4(14(8,12)13)3-6(5)9(10)11;7-5-6-1-3-8-4-2-6;1-2-3/h3-4,9-10H,1-2,5-8H2,(H2,14,18,19);1-3H,(H2,8,12,13);6H,1-5,7H2;1H3. The summed E-state index contributed by atoms with van der Waals surface area (Å²) in [5.41, 5.74) is 5.31. The maximum absolute atomic E-state index is 11.3. The van der Waals surface area contributed by atoms with E-state index in [4.69, 9.17) is 42.3 Å². The van der Waals surface area contributed by atoms with Gasteiger partial charge in [0.15, 0.2) is 0 Å². The Labute approximate surface area is 273 Å². The Bertz CT molecular complexity index is 1560. The number of nitro benzene ring substituents is 2. The molecule has 2 saturated heterocycles. The number of benzene rings is 2. The molecule has 0 aromatic heterocycles. The first-order valence-corrected chi connectivity index (χ1v) is 17.4. The Morgan fingerprint density at radius 3 is 1.65 bits per heavy atom. The number of hydrogen-bond acceptors (Lipinski definition) is 12. The first-order valence-electron chi connectivity index (χ1n) is 14.0. The van der Waals surface area contributed by atoms with E-state index in [1.807, 2.05) is 0 Å². The van der Waals surface area contributed by atoms with Crippen molar-refractivity contribution < 1.29 is 36.2 Å². The third kappa shape index (κ3) is 14.9. The van der Waals surface area contributed by atoms with E-state index in [0.29, 0.717) is 17.9 Å². The molecule has 16 nitrogen and oxygen atoms in total. The fourth-order valence-electron chi connectivity index (χ4n) is 4.29. The van der Waals surface area contributed by atoms with E-state index >= 15 is 0 Å². The third-order valence-electron chi connectivity index (χ3n) is 6.86. The van der Waals surface area contributed by atoms with E-state index in [1.165, 1.54) is 19.1 Å². The summed E-state index contributed by atoms with van der Waals surface area (Å²) in [6.07, 6.45) is 5.63. The minimum Gasteiger partial charge on any atom is -0.381 e. The number of nitrogens with two attached hydrogens (primary N) is 3. The second-order valence-electron chi connectivity index (χ2n) is 10.1. The number of rotatable bonds is 8. The summed E-state index contributed by atoms with van der Waals surface area (Å²) in [4.78, 5) is 19.6. The van der Waals surface area contributed by atoms with Crippen LogP contribution < -0.4 is 16.0 Å². The average Bonchev–Trinajstić information content (AvgIpc) is 3.01. The maximum atomic E-state index is 11.3. The maximum Gasteiger partial charge on any atom is 0.289 e. The molecule has 0 amide bonds. The van der Waals surface area contributed by atoms with Gasteiger partial charge in [0, 0.05) is 51.0 Å². The zero-order valence-corrected chi connectivity index (χ0v) is 27.6. The van der Waals surface area contributed by atoms with Crippen molar-refractivity contribution in [1.82, 2.24) is 0 Å². The zero-order chi connectivity index (χ0) is 34.9. The lowest BCUT2D eigenvalue weighted by Gasteiger charge is -2.21. The molecule has 2 aromatic carbocycles. The average molecular weight is 707 g/mol. The topological polar surface area (TPSA) is 275 Å². The Balaban J connectivity index is 0.000000362. The minimum atomic E-state index is -3.94. The van der Waals surface area contributed by atoms with E-state index in [1.54, 1.807) is 6.07 Å². The molecule has 2 aliphatic rings. The predicted octanol–water partition coefficient (Wildman–Crippen LogP) is 3.40. The number of nitriles is 1. The molecule has 0 bridgehead atoms. The van der Waals surface area contributed by atoms with E-state index in [2.05, 4.69) is 0 Å². The molecule has 0 radical (unpaired) electrons. The Hall–Kier alpha value is -3.28. The Kier molecular flexibility index (Phi) is 17.8. The van der Waals surface area contributed by atoms with Gasteiger partial charge in [0.2, 0.25) is 20.0 Å². The van der Waals surface area contributed by atoms with Crippen molar-refractivity contribution in [1.29, 1.82) is 5.26 Å². The van der Waals surface area contributed by atoms with Gasteiger partial charge in [0.05, 0.1) is 25.7 Å². The Morgan fingerprint density at radius 2 is 1.26 bits per heavy atom. The van der Waals surface area contributed by atoms with Gasteiger partial charge in [-0.25, -0.2) is 27.1 Å². The van der Waals surface area contributed by atoms with Crippen molar-refractivity contribution in [2.24, 2.45) is 27.8 Å². The summed E-state index contributed by atoms with van der Waals surface area (Å²) in [6, 6.07) is 8.62. The molecular formula is C27H39ClN6O10S2. The first-order chi connectivity index (χ1) is 21.5. The molecule has 2 heterocycles. The quantitative estimate of drug-likeness (QED) is 0.263. The van der Waals surface area contributed by atoms with Crippen LogP contribution in [0.4, 0.5) is 11.4 Å². The van der Waals surface area contributed by atoms with Gasteiger partial charge in [-0.1, -0.05) is 17.7 Å². The smallest absolute Gasteiger partial charge is 0.289 e. The van der Waals surface area contributed by atoms with Gasteiger partial charge in [0.25, 0.3) is 11.4 Å². The van der Waals surface area contributed by atoms with Gasteiger partial charge in [0.1, 0.15) is 5.02 Å². The van der Waals surface area contributed by atoms with Crippen molar-refractivity contribution in [2.45, 2.75) is 55.2 Å². The molecule has 0 saturated carbocycles. The zero-order valence-electron chi connectivity index (χ0n) is 25.2. The molecule has 19 heteroatoms. The molecule has 2 fully saturated rings. The number of sulfonamides is 2. The molecule has 256 valence electrons. The van der Waals surface area contributed by atoms with Crippen LogP contribution in [0.2, 0.25) is 5.02 Å². The van der Waals surface area contributed by atoms with Crippen LogP contribution >= 0.6 is 11.6 Å². The molecule has 0 aliphatic carbocycles. The highest BCUT2D eigenvalue weighted by molar-refractivity contribution is 7.89. The summed E-state index contributed by atoms with van der Waals surface area (Å²) >= 11 is 5.46. The van der Waals surface area contributed by atoms with Gasteiger partial charge in [-0.2, -0.15) is 5.26 Å². The van der Waals surface area contributed by atoms with Gasteiger partial charge in [-0.3, -0.25) is 20.2 Å². The molecule has 6 N–H and O–H groups in total. The van der Waals surface area contributed by atoms with E-state index in [0.717, 1.165) is 95.3 Å². The monoisotopic (exact) mass is 706 g/mol. The molecule has 0 spiro atoms. The lowest BCUT2D eigenvalue weighted by atomic mass is 9.92. The number of nitrogens with zero attached hydrogens (tertiary/aromatic N) is 3. The molecule has 46 heavy (non-hydrogen) atoms. The molecule has 0 atom stereocenters. The normalized spacial score (nSPS) is 15.4. The molecule has 0 unspecified atom stereocenters. The molecular weight excluding hydrogens is 668 g/mol. The van der Waals surface area contributed by atoms with Crippen LogP contribution in [-0.2, 0) is 35.9 Å². The molecule has 2 aromatic rings. The number of primary sulfonamides is 2. The number of halogens is 1. The largest absolute Gasteiger partial charge is 0.381 e. The van der Waals surface area contributed by atoms with E-state index < -0.39 is 35.6 Å². The number of hydrogen-bond donors (Lipinski definition) is 3. The summed E-state index contributed by atoms with van der Waals surface area (Å²) in [7, 11) is -7.87. The molecule has 4 rings (SSSR count). The Morgan fingerprint density at radius 1 is 0.848 bits per heavy atom. The number of nitro groups is 2. The van der Waals surface area contributed by atoms with Crippen molar-refractivity contribution in [2.75, 3.05) is 33.0 Å². The highest BCUT2D eigenvalue weighted by Crippen LogP contribution is 2.28. The van der Waals surface area contributed by atoms with Gasteiger partial charge < -0.3 is 15.2 Å². The van der Waals surface area contributed by atoms with Crippen molar-refractivity contribution >= 4 is 43.0 Å². The van der Waals surface area contributed by atoms with Gasteiger partial charge in [-0.05, 0) is 75.1 Å². The number of aryl methyl sites for hydroxylation is 1. The van der Waals surface area contributed by atoms with Crippen LogP contribution in [0.25, 0.3) is 0 Å². The summed E-state index contributed by atoms with van der Waals surface area (Å²) in [5, 5.41) is 38.5. The van der Waals surface area contributed by atoms with Crippen molar-refractivity contribution in [3.63, 3.8) is 0 Å². The van der Waals surface area contributed by atoms with Gasteiger partial charge in [-0.15, -0.1) is 0 Å². The van der Waals surface area contributed by atoms with Crippen LogP contribution in [0.3, 0.4) is 0 Å². The van der Waals surface area contributed by atoms with Crippen molar-refractivity contribution in [3.8, 4) is 6.07 Å². The summed E-state index contributed by atoms with van der Waals surface area (Å²) in [5.74, 6) is 1.24.